The molecule has 0 saturated heterocycles. The lowest BCUT2D eigenvalue weighted by atomic mass is 9.47. The third kappa shape index (κ3) is 9.31. The normalized spacial score (nSPS) is 34.2. The zero-order chi connectivity index (χ0) is 32.5. The Morgan fingerprint density at radius 3 is 2.04 bits per heavy atom. The van der Waals surface area contributed by atoms with Crippen LogP contribution in [-0.2, 0) is 9.53 Å². The van der Waals surface area contributed by atoms with Gasteiger partial charge in [0.1, 0.15) is 6.10 Å². The van der Waals surface area contributed by atoms with Crippen LogP contribution >= 0.6 is 0 Å². The average Bonchev–Trinajstić information content (AvgIpc) is 3.37. The Labute approximate surface area is 280 Å². The van der Waals surface area contributed by atoms with Crippen molar-refractivity contribution in [3.05, 3.63) is 23.8 Å². The molecule has 0 bridgehead atoms. The molecular formula is C43H74O2. The minimum Gasteiger partial charge on any atom is -0.462 e. The lowest BCUT2D eigenvalue weighted by Crippen LogP contribution is -2.50. The molecule has 0 aliphatic heterocycles. The topological polar surface area (TPSA) is 26.3 Å². The quantitative estimate of drug-likeness (QED) is 0.0863. The second-order valence-corrected chi connectivity index (χ2v) is 17.3. The highest BCUT2D eigenvalue weighted by Gasteiger charge is 2.58. The highest BCUT2D eigenvalue weighted by atomic mass is 16.5. The molecule has 3 saturated carbocycles. The minimum absolute atomic E-state index is 0.0686. The van der Waals surface area contributed by atoms with Gasteiger partial charge in [-0.05, 0) is 110 Å². The summed E-state index contributed by atoms with van der Waals surface area (Å²) < 4.78 is 6.14. The van der Waals surface area contributed by atoms with Crippen LogP contribution < -0.4 is 0 Å². The van der Waals surface area contributed by atoms with Crippen LogP contribution in [0.15, 0.2) is 23.8 Å². The number of hydrogen-bond donors (Lipinski definition) is 0. The molecule has 2 heteroatoms. The van der Waals surface area contributed by atoms with E-state index in [4.69, 9.17) is 4.74 Å². The number of unbranched alkanes of at least 4 members (excludes halogenated alkanes) is 11. The third-order valence-corrected chi connectivity index (χ3v) is 14.0. The standard InChI is InChI=1S/C43H74O2/c1-8-9-10-11-12-13-14-15-16-17-18-19-20-41(44)45-36-27-29-42(6)35(31-36)23-24-37-39-26-25-38(43(39,7)30-28-40(37)42)34(5)22-21-33(4)32(2)3/h21-22,24,32-36,38-40H,8-20,23,25-31H2,1-7H3/t33-,34+,35?,36-,38+,39-,40-,42-,43+/m0/s1. The summed E-state index contributed by atoms with van der Waals surface area (Å²) in [6, 6.07) is 0. The number of esters is 1. The highest BCUT2D eigenvalue weighted by molar-refractivity contribution is 5.69. The molecule has 2 nitrogen and oxygen atoms in total. The van der Waals surface area contributed by atoms with Gasteiger partial charge in [-0.15, -0.1) is 0 Å². The van der Waals surface area contributed by atoms with Gasteiger partial charge >= 0.3 is 5.97 Å². The van der Waals surface area contributed by atoms with E-state index in [-0.39, 0.29) is 12.1 Å². The second kappa shape index (κ2) is 17.4. The van der Waals surface area contributed by atoms with Crippen LogP contribution in [0.1, 0.15) is 183 Å². The van der Waals surface area contributed by atoms with E-state index in [0.717, 1.165) is 42.9 Å². The summed E-state index contributed by atoms with van der Waals surface area (Å²) in [4.78, 5) is 12.8. The summed E-state index contributed by atoms with van der Waals surface area (Å²) in [5, 5.41) is 0. The van der Waals surface area contributed by atoms with Crippen molar-refractivity contribution in [2.75, 3.05) is 0 Å². The Morgan fingerprint density at radius 2 is 1.40 bits per heavy atom. The number of fused-ring (bicyclic) bond motifs is 5. The van der Waals surface area contributed by atoms with E-state index >= 15 is 0 Å². The number of ether oxygens (including phenoxy) is 1. The zero-order valence-corrected chi connectivity index (χ0v) is 31.0. The van der Waals surface area contributed by atoms with Gasteiger partial charge in [-0.1, -0.05) is 143 Å². The smallest absolute Gasteiger partial charge is 0.306 e. The molecule has 45 heavy (non-hydrogen) atoms. The molecule has 4 aliphatic rings. The summed E-state index contributed by atoms with van der Waals surface area (Å²) in [5.41, 5.74) is 2.69. The Kier molecular flexibility index (Phi) is 14.2. The zero-order valence-electron chi connectivity index (χ0n) is 31.0. The Balaban J connectivity index is 1.19. The predicted octanol–water partition coefficient (Wildman–Crippen LogP) is 13.1. The Morgan fingerprint density at radius 1 is 0.800 bits per heavy atom. The van der Waals surface area contributed by atoms with Crippen molar-refractivity contribution in [2.45, 2.75) is 189 Å². The molecule has 1 unspecified atom stereocenters. The number of rotatable bonds is 18. The Hall–Kier alpha value is -1.05. The molecule has 3 fully saturated rings. The van der Waals surface area contributed by atoms with Crippen LogP contribution in [0.3, 0.4) is 0 Å². The van der Waals surface area contributed by atoms with Gasteiger partial charge in [0.15, 0.2) is 0 Å². The van der Waals surface area contributed by atoms with Crippen LogP contribution in [0.5, 0.6) is 0 Å². The Bertz CT molecular complexity index is 961. The first-order chi connectivity index (χ1) is 21.6. The molecule has 0 radical (unpaired) electrons. The van der Waals surface area contributed by atoms with Gasteiger partial charge in [0.05, 0.1) is 0 Å². The lowest BCUT2D eigenvalue weighted by Gasteiger charge is -2.58. The monoisotopic (exact) mass is 623 g/mol. The van der Waals surface area contributed by atoms with E-state index in [0.29, 0.717) is 35.0 Å². The van der Waals surface area contributed by atoms with Crippen LogP contribution in [-0.4, -0.2) is 12.1 Å². The number of allylic oxidation sites excluding steroid dienone is 4. The number of hydrogen-bond acceptors (Lipinski definition) is 2. The molecular weight excluding hydrogens is 548 g/mol. The van der Waals surface area contributed by atoms with E-state index in [9.17, 15) is 4.79 Å². The number of carbonyl (C=O) groups excluding carboxylic acids is 1. The van der Waals surface area contributed by atoms with Gasteiger partial charge in [0, 0.05) is 6.42 Å². The van der Waals surface area contributed by atoms with Crippen molar-refractivity contribution >= 4 is 5.97 Å². The van der Waals surface area contributed by atoms with Gasteiger partial charge in [0.25, 0.3) is 0 Å². The third-order valence-electron chi connectivity index (χ3n) is 14.0. The van der Waals surface area contributed by atoms with Crippen LogP contribution in [0.4, 0.5) is 0 Å². The first-order valence-corrected chi connectivity index (χ1v) is 20.2. The second-order valence-electron chi connectivity index (χ2n) is 17.3. The lowest BCUT2D eigenvalue weighted by molar-refractivity contribution is -0.155. The summed E-state index contributed by atoms with van der Waals surface area (Å²) in [7, 11) is 0. The first kappa shape index (κ1) is 36.8. The van der Waals surface area contributed by atoms with Crippen molar-refractivity contribution in [1.82, 2.24) is 0 Å². The van der Waals surface area contributed by atoms with Crippen molar-refractivity contribution < 1.29 is 9.53 Å². The summed E-state index contributed by atoms with van der Waals surface area (Å²) >= 11 is 0. The first-order valence-electron chi connectivity index (χ1n) is 20.2. The molecule has 0 aromatic rings. The molecule has 0 aromatic heterocycles. The molecule has 0 N–H and O–H groups in total. The van der Waals surface area contributed by atoms with Gasteiger partial charge < -0.3 is 4.74 Å². The fourth-order valence-corrected chi connectivity index (χ4v) is 10.5. The molecule has 258 valence electrons. The van der Waals surface area contributed by atoms with E-state index in [1.54, 1.807) is 0 Å². The average molecular weight is 623 g/mol. The molecule has 0 aromatic carbocycles. The van der Waals surface area contributed by atoms with E-state index in [1.807, 2.05) is 5.57 Å². The van der Waals surface area contributed by atoms with Crippen molar-refractivity contribution in [3.63, 3.8) is 0 Å². The fraction of sp³-hybridized carbons (Fsp3) is 0.884. The SMILES string of the molecule is CCCCCCCCCCCCCCC(=O)O[C@H]1CC[C@@]2(C)C(CC=C3[C@@H]4CC[C@H]([C@H](C)C=C[C@H](C)C(C)C)[C@@]4(C)CC[C@@H]32)C1. The maximum absolute atomic E-state index is 12.8. The van der Waals surface area contributed by atoms with Crippen LogP contribution in [0, 0.1) is 52.3 Å². The maximum Gasteiger partial charge on any atom is 0.306 e. The summed E-state index contributed by atoms with van der Waals surface area (Å²) in [6.45, 7) is 17.1. The molecule has 0 spiro atoms. The van der Waals surface area contributed by atoms with Gasteiger partial charge in [-0.25, -0.2) is 0 Å². The molecule has 4 aliphatic carbocycles. The predicted molar refractivity (Wildman–Crippen MR) is 193 cm³/mol. The largest absolute Gasteiger partial charge is 0.462 e. The fourth-order valence-electron chi connectivity index (χ4n) is 10.5. The van der Waals surface area contributed by atoms with Crippen LogP contribution in [0.25, 0.3) is 0 Å². The maximum atomic E-state index is 12.8. The molecule has 4 rings (SSSR count). The number of carbonyl (C=O) groups is 1. The van der Waals surface area contributed by atoms with Crippen molar-refractivity contribution in [2.24, 2.45) is 52.3 Å². The molecule has 9 atom stereocenters. The van der Waals surface area contributed by atoms with Gasteiger partial charge in [-0.2, -0.15) is 0 Å². The van der Waals surface area contributed by atoms with Crippen LogP contribution in [0.2, 0.25) is 0 Å². The highest BCUT2D eigenvalue weighted by Crippen LogP contribution is 2.67. The molecule has 0 amide bonds. The van der Waals surface area contributed by atoms with Gasteiger partial charge in [0.2, 0.25) is 0 Å². The van der Waals surface area contributed by atoms with Gasteiger partial charge in [-0.3, -0.25) is 4.79 Å². The summed E-state index contributed by atoms with van der Waals surface area (Å²) in [5.74, 6) is 5.13. The van der Waals surface area contributed by atoms with E-state index in [1.165, 1.54) is 109 Å². The van der Waals surface area contributed by atoms with Crippen molar-refractivity contribution in [1.29, 1.82) is 0 Å². The summed E-state index contributed by atoms with van der Waals surface area (Å²) in [6.07, 6.45) is 34.6. The molecule has 0 heterocycles. The van der Waals surface area contributed by atoms with Crippen molar-refractivity contribution in [3.8, 4) is 0 Å². The van der Waals surface area contributed by atoms with E-state index in [2.05, 4.69) is 66.7 Å². The minimum atomic E-state index is 0.0686. The van der Waals surface area contributed by atoms with E-state index < -0.39 is 0 Å².